The molecule has 2 nitrogen and oxygen atoms in total. The molecule has 0 aromatic carbocycles. The lowest BCUT2D eigenvalue weighted by molar-refractivity contribution is -0.136. The van der Waals surface area contributed by atoms with E-state index in [2.05, 4.69) is 12.8 Å². The Balaban J connectivity index is 2.38. The van der Waals surface area contributed by atoms with E-state index in [4.69, 9.17) is 11.2 Å². The fourth-order valence-electron chi connectivity index (χ4n) is 1.54. The number of hydrogen-bond acceptors (Lipinski definition) is 2. The lowest BCUT2D eigenvalue weighted by atomic mass is 10.1. The molecule has 0 aliphatic heterocycles. The van der Waals surface area contributed by atoms with Gasteiger partial charge in [-0.15, -0.1) is 6.42 Å². The van der Waals surface area contributed by atoms with Crippen molar-refractivity contribution in [2.75, 3.05) is 6.61 Å². The van der Waals surface area contributed by atoms with Crippen molar-refractivity contribution in [2.24, 2.45) is 5.92 Å². The molecule has 0 N–H and O–H groups in total. The summed E-state index contributed by atoms with van der Waals surface area (Å²) in [6, 6.07) is 0. The first-order chi connectivity index (χ1) is 6.22. The van der Waals surface area contributed by atoms with Crippen molar-refractivity contribution in [1.82, 2.24) is 0 Å². The summed E-state index contributed by atoms with van der Waals surface area (Å²) in [4.78, 5) is 11.1. The van der Waals surface area contributed by atoms with Crippen LogP contribution in [0, 0.1) is 18.3 Å². The summed E-state index contributed by atoms with van der Waals surface area (Å²) in [6.45, 7) is 2.26. The van der Waals surface area contributed by atoms with Gasteiger partial charge < -0.3 is 4.74 Å². The number of ether oxygens (including phenoxy) is 1. The van der Waals surface area contributed by atoms with Crippen LogP contribution in [-0.4, -0.2) is 12.6 Å². The van der Waals surface area contributed by atoms with Crippen LogP contribution in [0.2, 0.25) is 0 Å². The highest BCUT2D eigenvalue weighted by Crippen LogP contribution is 2.29. The van der Waals surface area contributed by atoms with Crippen molar-refractivity contribution < 1.29 is 9.53 Å². The molecule has 2 heteroatoms. The van der Waals surface area contributed by atoms with Crippen LogP contribution in [-0.2, 0) is 9.53 Å². The first kappa shape index (κ1) is 9.85. The van der Waals surface area contributed by atoms with Gasteiger partial charge in [-0.05, 0) is 25.2 Å². The molecule has 13 heavy (non-hydrogen) atoms. The Bertz CT molecular complexity index is 258. The van der Waals surface area contributed by atoms with Gasteiger partial charge in [0.1, 0.15) is 0 Å². The minimum atomic E-state index is -0.304. The Labute approximate surface area is 79.0 Å². The fraction of sp³-hybridized carbons (Fsp3) is 0.545. The Morgan fingerprint density at radius 2 is 2.62 bits per heavy atom. The molecule has 1 aliphatic carbocycles. The zero-order chi connectivity index (χ0) is 9.68. The summed E-state index contributed by atoms with van der Waals surface area (Å²) in [5.74, 6) is 2.66. The SMILES string of the molecule is C#CCOC(=O)/C=C1/CCC(C)C1. The maximum absolute atomic E-state index is 11.1. The number of rotatable bonds is 2. The summed E-state index contributed by atoms with van der Waals surface area (Å²) >= 11 is 0. The second-order valence-corrected chi connectivity index (χ2v) is 3.46. The lowest BCUT2D eigenvalue weighted by Gasteiger charge is -1.97. The molecule has 1 atom stereocenters. The average Bonchev–Trinajstić information content (AvgIpc) is 2.48. The van der Waals surface area contributed by atoms with Crippen molar-refractivity contribution in [2.45, 2.75) is 26.2 Å². The molecule has 70 valence electrons. The van der Waals surface area contributed by atoms with Crippen molar-refractivity contribution in [1.29, 1.82) is 0 Å². The predicted octanol–water partition coefficient (Wildman–Crippen LogP) is 1.91. The van der Waals surface area contributed by atoms with Crippen LogP contribution in [0.4, 0.5) is 0 Å². The van der Waals surface area contributed by atoms with Crippen LogP contribution in [0.3, 0.4) is 0 Å². The zero-order valence-corrected chi connectivity index (χ0v) is 7.88. The number of carbonyl (C=O) groups is 1. The van der Waals surface area contributed by atoms with Crippen molar-refractivity contribution in [3.63, 3.8) is 0 Å². The molecule has 0 heterocycles. The van der Waals surface area contributed by atoms with E-state index >= 15 is 0 Å². The van der Waals surface area contributed by atoms with Crippen LogP contribution < -0.4 is 0 Å². The Morgan fingerprint density at radius 3 is 3.15 bits per heavy atom. The van der Waals surface area contributed by atoms with Gasteiger partial charge in [-0.2, -0.15) is 0 Å². The van der Waals surface area contributed by atoms with E-state index in [1.54, 1.807) is 6.08 Å². The molecule has 0 aromatic rings. The Morgan fingerprint density at radius 1 is 1.85 bits per heavy atom. The average molecular weight is 178 g/mol. The first-order valence-corrected chi connectivity index (χ1v) is 4.52. The molecular formula is C11H14O2. The molecular weight excluding hydrogens is 164 g/mol. The van der Waals surface area contributed by atoms with Crippen LogP contribution >= 0.6 is 0 Å². The first-order valence-electron chi connectivity index (χ1n) is 4.52. The topological polar surface area (TPSA) is 26.3 Å². The third-order valence-corrected chi connectivity index (χ3v) is 2.19. The number of allylic oxidation sites excluding steroid dienone is 1. The van der Waals surface area contributed by atoms with E-state index in [1.165, 1.54) is 12.0 Å². The van der Waals surface area contributed by atoms with Gasteiger partial charge in [0.15, 0.2) is 6.61 Å². The Hall–Kier alpha value is -1.23. The van der Waals surface area contributed by atoms with Gasteiger partial charge in [0, 0.05) is 6.08 Å². The number of carbonyl (C=O) groups excluding carboxylic acids is 1. The van der Waals surface area contributed by atoms with Gasteiger partial charge in [0.05, 0.1) is 0 Å². The molecule has 0 bridgehead atoms. The summed E-state index contributed by atoms with van der Waals surface area (Å²) < 4.78 is 4.74. The van der Waals surface area contributed by atoms with Gasteiger partial charge in [0.25, 0.3) is 0 Å². The molecule has 0 radical (unpaired) electrons. The monoisotopic (exact) mass is 178 g/mol. The highest BCUT2D eigenvalue weighted by atomic mass is 16.5. The van der Waals surface area contributed by atoms with Crippen molar-refractivity contribution >= 4 is 5.97 Å². The molecule has 0 aromatic heterocycles. The summed E-state index contributed by atoms with van der Waals surface area (Å²) in [5, 5.41) is 0. The zero-order valence-electron chi connectivity index (χ0n) is 7.88. The normalized spacial score (nSPS) is 24.3. The molecule has 1 aliphatic rings. The molecule has 1 rings (SSSR count). The molecule has 1 fully saturated rings. The fourth-order valence-corrected chi connectivity index (χ4v) is 1.54. The van der Waals surface area contributed by atoms with Crippen molar-refractivity contribution in [3.05, 3.63) is 11.6 Å². The van der Waals surface area contributed by atoms with E-state index < -0.39 is 0 Å². The Kier molecular flexibility index (Phi) is 3.57. The van der Waals surface area contributed by atoms with Gasteiger partial charge >= 0.3 is 5.97 Å². The third-order valence-electron chi connectivity index (χ3n) is 2.19. The largest absolute Gasteiger partial charge is 0.449 e. The van der Waals surface area contributed by atoms with Gasteiger partial charge in [-0.3, -0.25) is 0 Å². The smallest absolute Gasteiger partial charge is 0.331 e. The quantitative estimate of drug-likeness (QED) is 0.367. The predicted molar refractivity (Wildman–Crippen MR) is 50.9 cm³/mol. The summed E-state index contributed by atoms with van der Waals surface area (Å²) in [6.07, 6.45) is 9.76. The standard InChI is InChI=1S/C11H14O2/c1-3-6-13-11(12)8-10-5-4-9(2)7-10/h1,8-9H,4-7H2,2H3/b10-8-. The number of esters is 1. The summed E-state index contributed by atoms with van der Waals surface area (Å²) in [7, 11) is 0. The molecule has 0 amide bonds. The van der Waals surface area contributed by atoms with E-state index in [1.807, 2.05) is 0 Å². The minimum absolute atomic E-state index is 0.0676. The molecule has 0 spiro atoms. The van der Waals surface area contributed by atoms with Crippen molar-refractivity contribution in [3.8, 4) is 12.3 Å². The summed E-state index contributed by atoms with van der Waals surface area (Å²) in [5.41, 5.74) is 1.19. The van der Waals surface area contributed by atoms with Crippen LogP contribution in [0.5, 0.6) is 0 Å². The van der Waals surface area contributed by atoms with E-state index in [0.29, 0.717) is 5.92 Å². The van der Waals surface area contributed by atoms with E-state index in [-0.39, 0.29) is 12.6 Å². The van der Waals surface area contributed by atoms with Crippen LogP contribution in [0.15, 0.2) is 11.6 Å². The number of hydrogen-bond donors (Lipinski definition) is 0. The number of terminal acetylenes is 1. The van der Waals surface area contributed by atoms with Gasteiger partial charge in [-0.1, -0.05) is 18.4 Å². The molecule has 0 saturated heterocycles. The van der Waals surface area contributed by atoms with Gasteiger partial charge in [0.2, 0.25) is 0 Å². The highest BCUT2D eigenvalue weighted by Gasteiger charge is 2.15. The van der Waals surface area contributed by atoms with Crippen LogP contribution in [0.1, 0.15) is 26.2 Å². The van der Waals surface area contributed by atoms with E-state index in [9.17, 15) is 4.79 Å². The lowest BCUT2D eigenvalue weighted by Crippen LogP contribution is -2.01. The minimum Gasteiger partial charge on any atom is -0.449 e. The van der Waals surface area contributed by atoms with E-state index in [0.717, 1.165) is 12.8 Å². The second-order valence-electron chi connectivity index (χ2n) is 3.46. The molecule has 1 saturated carbocycles. The second kappa shape index (κ2) is 4.71. The van der Waals surface area contributed by atoms with Crippen LogP contribution in [0.25, 0.3) is 0 Å². The maximum atomic E-state index is 11.1. The highest BCUT2D eigenvalue weighted by molar-refractivity contribution is 5.83. The van der Waals surface area contributed by atoms with Gasteiger partial charge in [-0.25, -0.2) is 4.79 Å². The third kappa shape index (κ3) is 3.33. The maximum Gasteiger partial charge on any atom is 0.331 e. The molecule has 1 unspecified atom stereocenters.